The molecule has 0 spiro atoms. The first-order valence-electron chi connectivity index (χ1n) is 9.57. The molecule has 1 aromatic heterocycles. The van der Waals surface area contributed by atoms with Crippen LogP contribution in [0.4, 0.5) is 5.69 Å². The smallest absolute Gasteiger partial charge is 0.260 e. The molecule has 2 amide bonds. The molecular weight excluding hydrogens is 374 g/mol. The van der Waals surface area contributed by atoms with Crippen molar-refractivity contribution in [3.8, 4) is 5.75 Å². The molecule has 0 unspecified atom stereocenters. The number of pyridine rings is 1. The molecule has 1 N–H and O–H groups in total. The minimum atomic E-state index is -0.184. The maximum atomic E-state index is 12.2. The Bertz CT molecular complexity index is 901. The zero-order valence-electron chi connectivity index (χ0n) is 16.4. The zero-order valence-corrected chi connectivity index (χ0v) is 16.4. The van der Waals surface area contributed by atoms with Crippen LogP contribution in [0, 0.1) is 6.92 Å². The molecule has 0 atom stereocenters. The van der Waals surface area contributed by atoms with Crippen LogP contribution in [0.3, 0.4) is 0 Å². The van der Waals surface area contributed by atoms with Crippen molar-refractivity contribution in [3.63, 3.8) is 0 Å². The molecule has 0 aliphatic carbocycles. The second-order valence-corrected chi connectivity index (χ2v) is 6.76. The Morgan fingerprint density at radius 1 is 1.10 bits per heavy atom. The number of rotatable bonds is 7. The van der Waals surface area contributed by atoms with Crippen LogP contribution in [-0.4, -0.2) is 54.2 Å². The summed E-state index contributed by atoms with van der Waals surface area (Å²) in [6.45, 7) is 4.40. The maximum Gasteiger partial charge on any atom is 0.260 e. The van der Waals surface area contributed by atoms with Gasteiger partial charge in [-0.2, -0.15) is 0 Å². The molecule has 8 heteroatoms. The second kappa shape index (κ2) is 9.88. The molecule has 0 radical (unpaired) electrons. The van der Waals surface area contributed by atoms with Gasteiger partial charge in [-0.05, 0) is 37.3 Å². The highest BCUT2D eigenvalue weighted by atomic mass is 16.5. The van der Waals surface area contributed by atoms with Crippen LogP contribution < -0.4 is 15.6 Å². The van der Waals surface area contributed by atoms with E-state index in [0.717, 1.165) is 5.69 Å². The van der Waals surface area contributed by atoms with E-state index in [-0.39, 0.29) is 30.4 Å². The summed E-state index contributed by atoms with van der Waals surface area (Å²) in [5.74, 6) is 0.296. The number of hydrogen-bond acceptors (Lipinski definition) is 5. The Labute approximate surface area is 169 Å². The Morgan fingerprint density at radius 3 is 2.52 bits per heavy atom. The van der Waals surface area contributed by atoms with Gasteiger partial charge in [-0.15, -0.1) is 0 Å². The number of aryl methyl sites for hydroxylation is 1. The lowest BCUT2D eigenvalue weighted by atomic mass is 10.2. The molecule has 0 saturated carbocycles. The molecule has 1 aromatic carbocycles. The summed E-state index contributed by atoms with van der Waals surface area (Å²) in [6.07, 6.45) is 0.192. The van der Waals surface area contributed by atoms with Gasteiger partial charge in [0, 0.05) is 43.5 Å². The van der Waals surface area contributed by atoms with Gasteiger partial charge in [0.25, 0.3) is 11.5 Å². The first kappa shape index (κ1) is 20.6. The average Bonchev–Trinajstić information content (AvgIpc) is 2.73. The van der Waals surface area contributed by atoms with Crippen molar-refractivity contribution >= 4 is 17.5 Å². The average molecular weight is 399 g/mol. The highest BCUT2D eigenvalue weighted by molar-refractivity contribution is 5.90. The molecule has 0 bridgehead atoms. The normalized spacial score (nSPS) is 13.8. The minimum absolute atomic E-state index is 0.0309. The molecule has 29 heavy (non-hydrogen) atoms. The number of hydrogen-bond donors (Lipinski definition) is 1. The maximum absolute atomic E-state index is 12.2. The molecule has 1 aliphatic rings. The third-order valence-corrected chi connectivity index (χ3v) is 4.69. The van der Waals surface area contributed by atoms with E-state index >= 15 is 0 Å². The van der Waals surface area contributed by atoms with Gasteiger partial charge in [0.15, 0.2) is 6.61 Å². The molecule has 2 aromatic rings. The number of nitrogens with one attached hydrogen (secondary N) is 1. The fourth-order valence-electron chi connectivity index (χ4n) is 3.03. The van der Waals surface area contributed by atoms with Gasteiger partial charge in [0.2, 0.25) is 5.91 Å². The summed E-state index contributed by atoms with van der Waals surface area (Å²) in [7, 11) is 0. The fraction of sp³-hybridized carbons (Fsp3) is 0.381. The number of ether oxygens (including phenoxy) is 2. The number of aromatic nitrogens is 1. The number of benzene rings is 1. The monoisotopic (exact) mass is 399 g/mol. The largest absolute Gasteiger partial charge is 0.484 e. The van der Waals surface area contributed by atoms with E-state index in [1.165, 1.54) is 6.07 Å². The van der Waals surface area contributed by atoms with Crippen molar-refractivity contribution in [2.24, 2.45) is 0 Å². The van der Waals surface area contributed by atoms with Gasteiger partial charge in [-0.1, -0.05) is 6.07 Å². The summed E-state index contributed by atoms with van der Waals surface area (Å²) in [6, 6.07) is 11.8. The Kier molecular flexibility index (Phi) is 7.02. The van der Waals surface area contributed by atoms with Crippen molar-refractivity contribution in [3.05, 3.63) is 58.5 Å². The Hall–Kier alpha value is -3.13. The van der Waals surface area contributed by atoms with E-state index in [4.69, 9.17) is 9.47 Å². The van der Waals surface area contributed by atoms with Crippen LogP contribution in [0.1, 0.15) is 12.1 Å². The lowest BCUT2D eigenvalue weighted by Gasteiger charge is -2.26. The molecular formula is C21H25N3O5. The molecule has 3 rings (SSSR count). The van der Waals surface area contributed by atoms with E-state index in [9.17, 15) is 14.4 Å². The molecule has 8 nitrogen and oxygen atoms in total. The number of anilines is 1. The van der Waals surface area contributed by atoms with E-state index in [2.05, 4.69) is 5.32 Å². The predicted octanol–water partition coefficient (Wildman–Crippen LogP) is 1.42. The Morgan fingerprint density at radius 2 is 1.83 bits per heavy atom. The van der Waals surface area contributed by atoms with Crippen LogP contribution >= 0.6 is 0 Å². The van der Waals surface area contributed by atoms with Gasteiger partial charge in [-0.25, -0.2) is 0 Å². The predicted molar refractivity (Wildman–Crippen MR) is 108 cm³/mol. The van der Waals surface area contributed by atoms with Gasteiger partial charge in [-0.3, -0.25) is 14.4 Å². The van der Waals surface area contributed by atoms with Crippen molar-refractivity contribution < 1.29 is 19.1 Å². The SMILES string of the molecule is Cc1cccc(=O)n1CCC(=O)Nc1ccc(OCC(=O)N2CCOCC2)cc1. The van der Waals surface area contributed by atoms with Crippen LogP contribution in [0.2, 0.25) is 0 Å². The van der Waals surface area contributed by atoms with Crippen molar-refractivity contribution in [1.29, 1.82) is 0 Å². The minimum Gasteiger partial charge on any atom is -0.484 e. The van der Waals surface area contributed by atoms with E-state index in [0.29, 0.717) is 44.3 Å². The lowest BCUT2D eigenvalue weighted by molar-refractivity contribution is -0.137. The van der Waals surface area contributed by atoms with Crippen molar-refractivity contribution in [2.75, 3.05) is 38.2 Å². The molecule has 1 saturated heterocycles. The highest BCUT2D eigenvalue weighted by Crippen LogP contribution is 2.16. The lowest BCUT2D eigenvalue weighted by Crippen LogP contribution is -2.42. The van der Waals surface area contributed by atoms with Gasteiger partial charge in [0.1, 0.15) is 5.75 Å². The standard InChI is InChI=1S/C21H25N3O5/c1-16-3-2-4-20(26)24(16)10-9-19(25)22-17-5-7-18(8-6-17)29-15-21(27)23-11-13-28-14-12-23/h2-8H,9-15H2,1H3,(H,22,25). The van der Waals surface area contributed by atoms with Crippen LogP contribution in [-0.2, 0) is 20.9 Å². The molecule has 1 fully saturated rings. The summed E-state index contributed by atoms with van der Waals surface area (Å²) >= 11 is 0. The third kappa shape index (κ3) is 5.92. The topological polar surface area (TPSA) is 89.9 Å². The quantitative estimate of drug-likeness (QED) is 0.761. The van der Waals surface area contributed by atoms with Gasteiger partial charge < -0.3 is 24.3 Å². The zero-order chi connectivity index (χ0) is 20.6. The number of carbonyl (C=O) groups is 2. The summed E-state index contributed by atoms with van der Waals surface area (Å²) in [4.78, 5) is 37.8. The number of nitrogens with zero attached hydrogens (tertiary/aromatic N) is 2. The van der Waals surface area contributed by atoms with E-state index < -0.39 is 0 Å². The Balaban J connectivity index is 1.45. The molecule has 1 aliphatic heterocycles. The van der Waals surface area contributed by atoms with E-state index in [1.807, 2.05) is 13.0 Å². The van der Waals surface area contributed by atoms with E-state index in [1.54, 1.807) is 39.8 Å². The van der Waals surface area contributed by atoms with Gasteiger partial charge in [0.05, 0.1) is 13.2 Å². The number of morpholine rings is 1. The summed E-state index contributed by atoms with van der Waals surface area (Å²) in [5, 5.41) is 2.80. The first-order valence-corrected chi connectivity index (χ1v) is 9.57. The fourth-order valence-corrected chi connectivity index (χ4v) is 3.03. The van der Waals surface area contributed by atoms with Crippen LogP contribution in [0.5, 0.6) is 5.75 Å². The molecule has 154 valence electrons. The van der Waals surface area contributed by atoms with Gasteiger partial charge >= 0.3 is 0 Å². The number of amides is 2. The molecule has 2 heterocycles. The number of carbonyl (C=O) groups excluding carboxylic acids is 2. The second-order valence-electron chi connectivity index (χ2n) is 6.76. The van der Waals surface area contributed by atoms with Crippen molar-refractivity contribution in [2.45, 2.75) is 19.9 Å². The summed E-state index contributed by atoms with van der Waals surface area (Å²) in [5.41, 5.74) is 1.32. The third-order valence-electron chi connectivity index (χ3n) is 4.69. The summed E-state index contributed by atoms with van der Waals surface area (Å²) < 4.78 is 12.3. The van der Waals surface area contributed by atoms with Crippen LogP contribution in [0.25, 0.3) is 0 Å². The van der Waals surface area contributed by atoms with Crippen LogP contribution in [0.15, 0.2) is 47.3 Å². The van der Waals surface area contributed by atoms with Crippen molar-refractivity contribution in [1.82, 2.24) is 9.47 Å². The highest BCUT2D eigenvalue weighted by Gasteiger charge is 2.17. The first-order chi connectivity index (χ1) is 14.0.